The molecule has 0 bridgehead atoms. The Bertz CT molecular complexity index is 781. The first-order valence-corrected chi connectivity index (χ1v) is 8.86. The van der Waals surface area contributed by atoms with Gasteiger partial charge in [-0.05, 0) is 37.4 Å². The predicted molar refractivity (Wildman–Crippen MR) is 101 cm³/mol. The van der Waals surface area contributed by atoms with Crippen LogP contribution < -0.4 is 20.3 Å². The summed E-state index contributed by atoms with van der Waals surface area (Å²) in [6, 6.07) is 8.47. The number of methoxy groups -OCH3 is 2. The molecule has 1 aromatic carbocycles. The maximum Gasteiger partial charge on any atom is 0.269 e. The Morgan fingerprint density at radius 2 is 1.85 bits per heavy atom. The second kappa shape index (κ2) is 9.42. The Labute approximate surface area is 160 Å². The van der Waals surface area contributed by atoms with Crippen LogP contribution in [-0.2, 0) is 11.3 Å². The van der Waals surface area contributed by atoms with Crippen molar-refractivity contribution in [2.24, 2.45) is 0 Å². The molecule has 1 heterocycles. The van der Waals surface area contributed by atoms with E-state index < -0.39 is 5.91 Å². The molecule has 0 saturated carbocycles. The van der Waals surface area contributed by atoms with Crippen LogP contribution in [0.4, 0.5) is 0 Å². The smallest absolute Gasteiger partial charge is 0.269 e. The van der Waals surface area contributed by atoms with Crippen LogP contribution in [0.3, 0.4) is 0 Å². The van der Waals surface area contributed by atoms with Crippen LogP contribution in [0.2, 0.25) is 4.34 Å². The lowest BCUT2D eigenvalue weighted by molar-refractivity contribution is -0.122. The molecule has 0 atom stereocenters. The topological polar surface area (TPSA) is 79.9 Å². The zero-order valence-electron chi connectivity index (χ0n) is 14.7. The first-order chi connectivity index (χ1) is 12.4. The maximum atomic E-state index is 12.1. The fourth-order valence-electron chi connectivity index (χ4n) is 2.22. The third-order valence-corrected chi connectivity index (χ3v) is 4.65. The van der Waals surface area contributed by atoms with Gasteiger partial charge in [0, 0.05) is 17.0 Å². The minimum atomic E-state index is -0.452. The number of hydrogen-bond acceptors (Lipinski definition) is 6. The van der Waals surface area contributed by atoms with Gasteiger partial charge in [0.2, 0.25) is 0 Å². The Morgan fingerprint density at radius 3 is 2.46 bits per heavy atom. The predicted octanol–water partition coefficient (Wildman–Crippen LogP) is 2.31. The van der Waals surface area contributed by atoms with Crippen molar-refractivity contribution in [2.75, 3.05) is 27.8 Å². The summed E-state index contributed by atoms with van der Waals surface area (Å²) in [6.45, 7) is 0.718. The molecule has 0 radical (unpaired) electrons. The monoisotopic (exact) mass is 397 g/mol. The summed E-state index contributed by atoms with van der Waals surface area (Å²) in [5, 5.41) is 0. The molecule has 140 valence electrons. The van der Waals surface area contributed by atoms with Gasteiger partial charge in [0.1, 0.15) is 0 Å². The number of ether oxygens (including phenoxy) is 2. The van der Waals surface area contributed by atoms with Crippen LogP contribution in [0.1, 0.15) is 15.2 Å². The molecule has 0 aliphatic rings. The molecule has 7 nitrogen and oxygen atoms in total. The van der Waals surface area contributed by atoms with E-state index in [0.29, 0.717) is 27.9 Å². The van der Waals surface area contributed by atoms with Crippen molar-refractivity contribution in [2.45, 2.75) is 6.54 Å². The highest BCUT2D eigenvalue weighted by Crippen LogP contribution is 2.27. The maximum absolute atomic E-state index is 12.1. The van der Waals surface area contributed by atoms with E-state index in [9.17, 15) is 9.59 Å². The fourth-order valence-corrected chi connectivity index (χ4v) is 3.39. The number of nitrogens with one attached hydrogen (secondary N) is 2. The fraction of sp³-hybridized carbons (Fsp3) is 0.294. The summed E-state index contributed by atoms with van der Waals surface area (Å²) >= 11 is 7.35. The van der Waals surface area contributed by atoms with Crippen molar-refractivity contribution in [3.05, 3.63) is 45.1 Å². The van der Waals surface area contributed by atoms with E-state index in [0.717, 1.165) is 4.88 Å². The van der Waals surface area contributed by atoms with E-state index in [1.165, 1.54) is 31.6 Å². The largest absolute Gasteiger partial charge is 0.493 e. The van der Waals surface area contributed by atoms with Gasteiger partial charge in [0.25, 0.3) is 11.8 Å². The Balaban J connectivity index is 1.83. The van der Waals surface area contributed by atoms with Crippen LogP contribution in [0.5, 0.6) is 11.5 Å². The van der Waals surface area contributed by atoms with Crippen LogP contribution in [0.25, 0.3) is 0 Å². The summed E-state index contributed by atoms with van der Waals surface area (Å²) in [5.41, 5.74) is 5.11. The first kappa shape index (κ1) is 20.0. The van der Waals surface area contributed by atoms with Gasteiger partial charge >= 0.3 is 0 Å². The molecule has 0 unspecified atom stereocenters. The van der Waals surface area contributed by atoms with E-state index >= 15 is 0 Å². The molecular formula is C17H20ClN3O4S. The minimum absolute atomic E-state index is 0.127. The normalized spacial score (nSPS) is 10.5. The zero-order valence-corrected chi connectivity index (χ0v) is 16.2. The van der Waals surface area contributed by atoms with Crippen molar-refractivity contribution in [1.82, 2.24) is 15.8 Å². The highest BCUT2D eigenvalue weighted by atomic mass is 35.5. The number of hydrogen-bond donors (Lipinski definition) is 2. The van der Waals surface area contributed by atoms with E-state index in [2.05, 4.69) is 10.9 Å². The summed E-state index contributed by atoms with van der Waals surface area (Å²) in [4.78, 5) is 27.0. The van der Waals surface area contributed by atoms with Gasteiger partial charge in [-0.25, -0.2) is 0 Å². The molecule has 1 aromatic heterocycles. The molecule has 0 fully saturated rings. The van der Waals surface area contributed by atoms with Crippen molar-refractivity contribution < 1.29 is 19.1 Å². The van der Waals surface area contributed by atoms with Gasteiger partial charge in [0.05, 0.1) is 25.1 Å². The number of thiophene rings is 1. The van der Waals surface area contributed by atoms with E-state index in [1.54, 1.807) is 12.1 Å². The lowest BCUT2D eigenvalue weighted by Gasteiger charge is -2.15. The minimum Gasteiger partial charge on any atom is -0.493 e. The molecule has 0 aliphatic carbocycles. The molecule has 0 spiro atoms. The molecule has 2 N–H and O–H groups in total. The summed E-state index contributed by atoms with van der Waals surface area (Å²) in [5.74, 6) is 0.167. The quantitative estimate of drug-likeness (QED) is 0.701. The molecule has 9 heteroatoms. The number of nitrogens with zero attached hydrogens (tertiary/aromatic N) is 1. The SMILES string of the molecule is COc1ccc(C(=O)NNC(=O)CN(C)Cc2ccc(Cl)s2)cc1OC. The number of rotatable bonds is 7. The summed E-state index contributed by atoms with van der Waals surface area (Å²) < 4.78 is 11.0. The molecule has 2 rings (SSSR count). The van der Waals surface area contributed by atoms with Gasteiger partial charge in [0.15, 0.2) is 11.5 Å². The third kappa shape index (κ3) is 5.62. The second-order valence-corrected chi connectivity index (χ2v) is 7.25. The van der Waals surface area contributed by atoms with Gasteiger partial charge < -0.3 is 9.47 Å². The van der Waals surface area contributed by atoms with Crippen LogP contribution in [0.15, 0.2) is 30.3 Å². The molecule has 26 heavy (non-hydrogen) atoms. The van der Waals surface area contributed by atoms with Crippen molar-refractivity contribution in [3.63, 3.8) is 0 Å². The number of likely N-dealkylation sites (N-methyl/N-ethyl adjacent to an activating group) is 1. The summed E-state index contributed by atoms with van der Waals surface area (Å²) in [6.07, 6.45) is 0. The number of halogens is 1. The van der Waals surface area contributed by atoms with Gasteiger partial charge in [-0.15, -0.1) is 11.3 Å². The van der Waals surface area contributed by atoms with Crippen molar-refractivity contribution in [1.29, 1.82) is 0 Å². The van der Waals surface area contributed by atoms with E-state index in [-0.39, 0.29) is 12.5 Å². The molecule has 0 aliphatic heterocycles. The molecule has 2 amide bonds. The van der Waals surface area contributed by atoms with Crippen molar-refractivity contribution >= 4 is 34.8 Å². The number of benzene rings is 1. The lowest BCUT2D eigenvalue weighted by Crippen LogP contribution is -2.45. The highest BCUT2D eigenvalue weighted by molar-refractivity contribution is 7.16. The number of carbonyl (C=O) groups excluding carboxylic acids is 2. The summed E-state index contributed by atoms with van der Waals surface area (Å²) in [7, 11) is 4.81. The molecule has 0 saturated heterocycles. The van der Waals surface area contributed by atoms with Gasteiger partial charge in [-0.3, -0.25) is 25.3 Å². The third-order valence-electron chi connectivity index (χ3n) is 3.43. The zero-order chi connectivity index (χ0) is 19.1. The lowest BCUT2D eigenvalue weighted by atomic mass is 10.2. The first-order valence-electron chi connectivity index (χ1n) is 7.67. The number of hydrazine groups is 1. The Morgan fingerprint density at radius 1 is 1.12 bits per heavy atom. The average Bonchev–Trinajstić information content (AvgIpc) is 3.03. The van der Waals surface area contributed by atoms with Crippen LogP contribution in [-0.4, -0.2) is 44.5 Å². The molecule has 2 aromatic rings. The highest BCUT2D eigenvalue weighted by Gasteiger charge is 2.13. The number of amides is 2. The Kier molecular flexibility index (Phi) is 7.26. The van der Waals surface area contributed by atoms with Gasteiger partial charge in [-0.2, -0.15) is 0 Å². The van der Waals surface area contributed by atoms with E-state index in [1.807, 2.05) is 24.1 Å². The average molecular weight is 398 g/mol. The van der Waals surface area contributed by atoms with E-state index in [4.69, 9.17) is 21.1 Å². The Hall–Kier alpha value is -2.29. The molecular weight excluding hydrogens is 378 g/mol. The van der Waals surface area contributed by atoms with Crippen molar-refractivity contribution in [3.8, 4) is 11.5 Å². The second-order valence-electron chi connectivity index (χ2n) is 5.45. The van der Waals surface area contributed by atoms with Crippen LogP contribution >= 0.6 is 22.9 Å². The standard InChI is InChI=1S/C17H20ClN3O4S/c1-21(9-12-5-7-15(18)26-12)10-16(22)19-20-17(23)11-4-6-13(24-2)14(8-11)25-3/h4-8H,9-10H2,1-3H3,(H,19,22)(H,20,23). The number of carbonyl (C=O) groups is 2. The van der Waals surface area contributed by atoms with Gasteiger partial charge in [-0.1, -0.05) is 11.6 Å². The van der Waals surface area contributed by atoms with Crippen LogP contribution in [0, 0.1) is 0 Å².